The molecule has 0 saturated carbocycles. The molecular weight excluding hydrogens is 316 g/mol. The van der Waals surface area contributed by atoms with Crippen LogP contribution in [0.3, 0.4) is 0 Å². The minimum atomic E-state index is -0.472. The smallest absolute Gasteiger partial charge is 0.334 e. The Bertz CT molecular complexity index is 812. The fourth-order valence-electron chi connectivity index (χ4n) is 2.69. The topological polar surface area (TPSA) is 85.3 Å². The quantitative estimate of drug-likeness (QED) is 0.548. The van der Waals surface area contributed by atoms with E-state index in [1.165, 1.54) is 12.3 Å². The van der Waals surface area contributed by atoms with Crippen LogP contribution >= 0.6 is 0 Å². The van der Waals surface area contributed by atoms with Crippen molar-refractivity contribution in [2.45, 2.75) is 13.1 Å². The highest BCUT2D eigenvalue weighted by Crippen LogP contribution is 2.33. The van der Waals surface area contributed by atoms with Crippen LogP contribution in [0.15, 0.2) is 72.9 Å². The molecule has 1 heterocycles. The molecule has 0 bridgehead atoms. The van der Waals surface area contributed by atoms with Crippen molar-refractivity contribution in [3.63, 3.8) is 0 Å². The second-order valence-electron chi connectivity index (χ2n) is 5.66. The molecule has 0 atom stereocenters. The highest BCUT2D eigenvalue weighted by molar-refractivity contribution is 5.71. The third kappa shape index (κ3) is 3.92. The Labute approximate surface area is 145 Å². The van der Waals surface area contributed by atoms with Gasteiger partial charge in [0.25, 0.3) is 0 Å². The van der Waals surface area contributed by atoms with Gasteiger partial charge in [-0.15, -0.1) is 0 Å². The lowest BCUT2D eigenvalue weighted by Gasteiger charge is -2.24. The first-order valence-corrected chi connectivity index (χ1v) is 7.87. The van der Waals surface area contributed by atoms with Crippen LogP contribution in [-0.2, 0) is 13.1 Å². The van der Waals surface area contributed by atoms with E-state index >= 15 is 0 Å². The molecule has 0 amide bonds. The monoisotopic (exact) mass is 334 g/mol. The second kappa shape index (κ2) is 7.44. The zero-order valence-corrected chi connectivity index (χ0v) is 13.6. The van der Waals surface area contributed by atoms with Gasteiger partial charge < -0.3 is 10.6 Å². The highest BCUT2D eigenvalue weighted by Gasteiger charge is 2.24. The van der Waals surface area contributed by atoms with Crippen molar-refractivity contribution in [3.8, 4) is 0 Å². The minimum absolute atomic E-state index is 0.112. The number of pyridine rings is 1. The number of hydrogen-bond donors (Lipinski definition) is 1. The third-order valence-corrected chi connectivity index (χ3v) is 3.85. The Morgan fingerprint density at radius 1 is 0.920 bits per heavy atom. The van der Waals surface area contributed by atoms with Gasteiger partial charge in [-0.05, 0) is 17.2 Å². The van der Waals surface area contributed by atoms with Crippen LogP contribution in [0.4, 0.5) is 17.2 Å². The number of nitrogens with two attached hydrogens (primary N) is 1. The number of nitrogen functional groups attached to an aromatic ring is 1. The average molecular weight is 334 g/mol. The summed E-state index contributed by atoms with van der Waals surface area (Å²) in [5.41, 5.74) is 7.87. The van der Waals surface area contributed by atoms with Crippen LogP contribution in [0, 0.1) is 10.1 Å². The van der Waals surface area contributed by atoms with Gasteiger partial charge in [-0.25, -0.2) is 4.98 Å². The largest absolute Gasteiger partial charge is 0.393 e. The Hall–Kier alpha value is -3.41. The van der Waals surface area contributed by atoms with Crippen molar-refractivity contribution in [1.82, 2.24) is 4.98 Å². The fourth-order valence-corrected chi connectivity index (χ4v) is 2.69. The Morgan fingerprint density at radius 2 is 1.44 bits per heavy atom. The zero-order valence-electron chi connectivity index (χ0n) is 13.6. The molecule has 0 aliphatic heterocycles. The second-order valence-corrected chi connectivity index (χ2v) is 5.66. The summed E-state index contributed by atoms with van der Waals surface area (Å²) in [4.78, 5) is 17.2. The van der Waals surface area contributed by atoms with Crippen LogP contribution in [0.25, 0.3) is 0 Å². The molecule has 0 spiro atoms. The molecule has 3 rings (SSSR count). The molecule has 126 valence electrons. The number of nitro groups is 1. The predicted molar refractivity (Wildman–Crippen MR) is 98.1 cm³/mol. The summed E-state index contributed by atoms with van der Waals surface area (Å²) < 4.78 is 0. The maximum Gasteiger partial charge on any atom is 0.334 e. The van der Waals surface area contributed by atoms with Gasteiger partial charge in [0.15, 0.2) is 0 Å². The van der Waals surface area contributed by atoms with Crippen LogP contribution in [-0.4, -0.2) is 9.91 Å². The van der Waals surface area contributed by atoms with Gasteiger partial charge in [-0.1, -0.05) is 60.7 Å². The van der Waals surface area contributed by atoms with E-state index in [1.807, 2.05) is 65.6 Å². The van der Waals surface area contributed by atoms with Crippen LogP contribution in [0.5, 0.6) is 0 Å². The minimum Gasteiger partial charge on any atom is -0.393 e. The molecule has 2 aromatic carbocycles. The van der Waals surface area contributed by atoms with E-state index in [0.717, 1.165) is 11.1 Å². The van der Waals surface area contributed by atoms with Crippen LogP contribution in [0.1, 0.15) is 11.1 Å². The summed E-state index contributed by atoms with van der Waals surface area (Å²) in [6.45, 7) is 0.986. The average Bonchev–Trinajstić information content (AvgIpc) is 2.62. The van der Waals surface area contributed by atoms with E-state index in [4.69, 9.17) is 5.73 Å². The van der Waals surface area contributed by atoms with E-state index in [9.17, 15) is 10.1 Å². The molecule has 1 aromatic heterocycles. The first-order chi connectivity index (χ1) is 12.1. The maximum absolute atomic E-state index is 11.5. The SMILES string of the molecule is Nc1ccnc(N(Cc2ccccc2)Cc2ccccc2)c1[N+](=O)[O-]. The van der Waals surface area contributed by atoms with Gasteiger partial charge >= 0.3 is 5.69 Å². The standard InChI is InChI=1S/C19H18N4O2/c20-17-11-12-21-19(18(17)23(24)25)22(13-15-7-3-1-4-8-15)14-16-9-5-2-6-10-16/h1-12H,13-14H2,(H2,20,21). The molecule has 0 unspecified atom stereocenters. The van der Waals surface area contributed by atoms with Gasteiger partial charge in [0.05, 0.1) is 4.92 Å². The number of anilines is 2. The Kier molecular flexibility index (Phi) is 4.89. The first-order valence-electron chi connectivity index (χ1n) is 7.87. The van der Waals surface area contributed by atoms with Gasteiger partial charge in [-0.2, -0.15) is 0 Å². The molecule has 6 heteroatoms. The summed E-state index contributed by atoms with van der Waals surface area (Å²) >= 11 is 0. The fraction of sp³-hybridized carbons (Fsp3) is 0.105. The lowest BCUT2D eigenvalue weighted by molar-refractivity contribution is -0.383. The van der Waals surface area contributed by atoms with Crippen molar-refractivity contribution in [2.24, 2.45) is 0 Å². The molecule has 0 saturated heterocycles. The van der Waals surface area contributed by atoms with Crippen LogP contribution < -0.4 is 10.6 Å². The summed E-state index contributed by atoms with van der Waals surface area (Å²) in [6, 6.07) is 21.0. The van der Waals surface area contributed by atoms with Gasteiger partial charge in [-0.3, -0.25) is 10.1 Å². The normalized spacial score (nSPS) is 10.4. The lowest BCUT2D eigenvalue weighted by atomic mass is 10.1. The third-order valence-electron chi connectivity index (χ3n) is 3.85. The van der Waals surface area contributed by atoms with Crippen LogP contribution in [0.2, 0.25) is 0 Å². The van der Waals surface area contributed by atoms with Crippen molar-refractivity contribution in [2.75, 3.05) is 10.6 Å². The van der Waals surface area contributed by atoms with Crippen molar-refractivity contribution >= 4 is 17.2 Å². The summed E-state index contributed by atoms with van der Waals surface area (Å²) in [5.74, 6) is 0.276. The molecule has 6 nitrogen and oxygen atoms in total. The van der Waals surface area contributed by atoms with Crippen molar-refractivity contribution in [1.29, 1.82) is 0 Å². The molecule has 0 aliphatic rings. The van der Waals surface area contributed by atoms with E-state index in [1.54, 1.807) is 0 Å². The van der Waals surface area contributed by atoms with Gasteiger partial charge in [0, 0.05) is 19.3 Å². The molecule has 3 aromatic rings. The molecule has 0 fully saturated rings. The van der Waals surface area contributed by atoms with E-state index in [2.05, 4.69) is 4.98 Å². The number of aromatic nitrogens is 1. The van der Waals surface area contributed by atoms with E-state index in [0.29, 0.717) is 13.1 Å². The molecule has 0 radical (unpaired) electrons. The first kappa shape index (κ1) is 16.4. The number of nitrogens with zero attached hydrogens (tertiary/aromatic N) is 3. The number of hydrogen-bond acceptors (Lipinski definition) is 5. The summed E-state index contributed by atoms with van der Waals surface area (Å²) in [7, 11) is 0. The van der Waals surface area contributed by atoms with Gasteiger partial charge in [0.2, 0.25) is 5.82 Å². The lowest BCUT2D eigenvalue weighted by Crippen LogP contribution is -2.24. The highest BCUT2D eigenvalue weighted by atomic mass is 16.6. The Morgan fingerprint density at radius 3 is 1.92 bits per heavy atom. The summed E-state index contributed by atoms with van der Waals surface area (Å²) in [5, 5.41) is 11.5. The predicted octanol–water partition coefficient (Wildman–Crippen LogP) is 3.78. The molecule has 0 aliphatic carbocycles. The molecular formula is C19H18N4O2. The van der Waals surface area contributed by atoms with Crippen molar-refractivity contribution in [3.05, 3.63) is 94.2 Å². The van der Waals surface area contributed by atoms with Gasteiger partial charge in [0.1, 0.15) is 5.69 Å². The summed E-state index contributed by atoms with van der Waals surface area (Å²) in [6.07, 6.45) is 1.50. The van der Waals surface area contributed by atoms with Crippen molar-refractivity contribution < 1.29 is 4.92 Å². The zero-order chi connectivity index (χ0) is 17.6. The molecule has 25 heavy (non-hydrogen) atoms. The van der Waals surface area contributed by atoms with E-state index < -0.39 is 4.92 Å². The Balaban J connectivity index is 2.02. The number of rotatable bonds is 6. The van der Waals surface area contributed by atoms with E-state index in [-0.39, 0.29) is 17.2 Å². The molecule has 2 N–H and O–H groups in total. The number of benzene rings is 2. The maximum atomic E-state index is 11.5.